The fraction of sp³-hybridized carbons (Fsp3) is 0.571. The maximum atomic E-state index is 12.2. The summed E-state index contributed by atoms with van der Waals surface area (Å²) < 4.78 is 10.9. The quantitative estimate of drug-likeness (QED) is 0.667. The zero-order valence-electron chi connectivity index (χ0n) is 11.3. The maximum Gasteiger partial charge on any atom is 0.193 e. The van der Waals surface area contributed by atoms with E-state index in [4.69, 9.17) is 9.47 Å². The number of hydrogen-bond acceptors (Lipinski definition) is 4. The first kappa shape index (κ1) is 14.6. The van der Waals surface area contributed by atoms with Crippen molar-refractivity contribution in [3.8, 4) is 5.75 Å². The molecule has 0 radical (unpaired) electrons. The van der Waals surface area contributed by atoms with Gasteiger partial charge in [-0.15, -0.1) is 0 Å². The van der Waals surface area contributed by atoms with Gasteiger partial charge in [0, 0.05) is 18.4 Å². The lowest BCUT2D eigenvalue weighted by Gasteiger charge is -2.14. The predicted molar refractivity (Wildman–Crippen MR) is 70.1 cm³/mol. The molecule has 0 bridgehead atoms. The molecule has 1 aromatic heterocycles. The lowest BCUT2D eigenvalue weighted by Crippen LogP contribution is -2.23. The summed E-state index contributed by atoms with van der Waals surface area (Å²) in [6, 6.07) is 1.73. The number of pyridine rings is 1. The Morgan fingerprint density at radius 2 is 2.11 bits per heavy atom. The normalized spacial score (nSPS) is 12.2. The lowest BCUT2D eigenvalue weighted by molar-refractivity contribution is 0.0443. The molecule has 0 N–H and O–H groups in total. The van der Waals surface area contributed by atoms with Gasteiger partial charge in [-0.05, 0) is 25.8 Å². The van der Waals surface area contributed by atoms with Gasteiger partial charge in [-0.1, -0.05) is 13.8 Å². The van der Waals surface area contributed by atoms with Crippen molar-refractivity contribution in [3.05, 3.63) is 24.0 Å². The molecule has 0 fully saturated rings. The third-order valence-corrected chi connectivity index (χ3v) is 2.50. The van der Waals surface area contributed by atoms with E-state index in [1.54, 1.807) is 18.5 Å². The van der Waals surface area contributed by atoms with Gasteiger partial charge < -0.3 is 9.47 Å². The first-order valence-electron chi connectivity index (χ1n) is 6.46. The van der Waals surface area contributed by atoms with Crippen LogP contribution in [0.5, 0.6) is 5.75 Å². The summed E-state index contributed by atoms with van der Waals surface area (Å²) >= 11 is 0. The van der Waals surface area contributed by atoms with E-state index in [0.29, 0.717) is 30.9 Å². The van der Waals surface area contributed by atoms with E-state index in [1.807, 2.05) is 20.8 Å². The number of carbonyl (C=O) groups is 1. The van der Waals surface area contributed by atoms with Gasteiger partial charge in [0.25, 0.3) is 0 Å². The van der Waals surface area contributed by atoms with Crippen LogP contribution in [-0.2, 0) is 4.74 Å². The average Bonchev–Trinajstić information content (AvgIpc) is 2.42. The van der Waals surface area contributed by atoms with Gasteiger partial charge in [-0.3, -0.25) is 9.78 Å². The summed E-state index contributed by atoms with van der Waals surface area (Å²) in [4.78, 5) is 16.2. The highest BCUT2D eigenvalue weighted by Crippen LogP contribution is 2.15. The number of ketones is 1. The Balaban J connectivity index is 2.78. The fourth-order valence-electron chi connectivity index (χ4n) is 1.62. The number of carbonyl (C=O) groups excluding carboxylic acids is 1. The summed E-state index contributed by atoms with van der Waals surface area (Å²) in [6.07, 6.45) is 4.37. The molecule has 0 spiro atoms. The Hall–Kier alpha value is -1.42. The molecule has 0 saturated heterocycles. The van der Waals surface area contributed by atoms with E-state index in [0.717, 1.165) is 6.42 Å². The monoisotopic (exact) mass is 251 g/mol. The van der Waals surface area contributed by atoms with Crippen molar-refractivity contribution < 1.29 is 14.3 Å². The number of aromatic nitrogens is 1. The van der Waals surface area contributed by atoms with Crippen LogP contribution in [0.25, 0.3) is 0 Å². The van der Waals surface area contributed by atoms with Crippen molar-refractivity contribution in [2.75, 3.05) is 13.2 Å². The molecule has 0 aliphatic carbocycles. The molecular formula is C14H21NO3. The van der Waals surface area contributed by atoms with Gasteiger partial charge in [0.2, 0.25) is 0 Å². The van der Waals surface area contributed by atoms with Crippen LogP contribution in [0.2, 0.25) is 0 Å². The van der Waals surface area contributed by atoms with E-state index < -0.39 is 6.10 Å². The van der Waals surface area contributed by atoms with Crippen LogP contribution < -0.4 is 4.74 Å². The zero-order valence-corrected chi connectivity index (χ0v) is 11.3. The second-order valence-corrected chi connectivity index (χ2v) is 3.97. The van der Waals surface area contributed by atoms with Crippen LogP contribution in [0.3, 0.4) is 0 Å². The summed E-state index contributed by atoms with van der Waals surface area (Å²) in [5.74, 6) is 0.600. The molecule has 18 heavy (non-hydrogen) atoms. The molecule has 0 aromatic carbocycles. The van der Waals surface area contributed by atoms with E-state index >= 15 is 0 Å². The van der Waals surface area contributed by atoms with Crippen LogP contribution in [0.15, 0.2) is 18.5 Å². The summed E-state index contributed by atoms with van der Waals surface area (Å²) in [6.45, 7) is 7.01. The largest absolute Gasteiger partial charge is 0.492 e. The molecule has 100 valence electrons. The van der Waals surface area contributed by atoms with Gasteiger partial charge >= 0.3 is 0 Å². The van der Waals surface area contributed by atoms with Gasteiger partial charge in [-0.2, -0.15) is 0 Å². The van der Waals surface area contributed by atoms with Crippen LogP contribution in [0.4, 0.5) is 0 Å². The topological polar surface area (TPSA) is 48.4 Å². The lowest BCUT2D eigenvalue weighted by atomic mass is 10.1. The Bertz CT molecular complexity index is 379. The Morgan fingerprint density at radius 1 is 1.33 bits per heavy atom. The number of ether oxygens (including phenoxy) is 2. The van der Waals surface area contributed by atoms with Crippen molar-refractivity contribution in [2.24, 2.45) is 0 Å². The Morgan fingerprint density at radius 3 is 2.72 bits per heavy atom. The third kappa shape index (κ3) is 4.11. The second-order valence-electron chi connectivity index (χ2n) is 3.97. The van der Waals surface area contributed by atoms with Crippen LogP contribution >= 0.6 is 0 Å². The third-order valence-electron chi connectivity index (χ3n) is 2.50. The van der Waals surface area contributed by atoms with E-state index in [2.05, 4.69) is 4.98 Å². The van der Waals surface area contributed by atoms with Crippen molar-refractivity contribution in [3.63, 3.8) is 0 Å². The van der Waals surface area contributed by atoms with E-state index in [9.17, 15) is 4.79 Å². The SMILES string of the molecule is CCCOc1cncc(C(=O)C(CC)OCC)c1. The molecule has 1 rings (SSSR count). The summed E-state index contributed by atoms with van der Waals surface area (Å²) in [5, 5.41) is 0. The van der Waals surface area contributed by atoms with Crippen LogP contribution in [0.1, 0.15) is 44.0 Å². The molecule has 0 amide bonds. The fourth-order valence-corrected chi connectivity index (χ4v) is 1.62. The van der Waals surface area contributed by atoms with Gasteiger partial charge in [0.1, 0.15) is 11.9 Å². The predicted octanol–water partition coefficient (Wildman–Crippen LogP) is 2.87. The van der Waals surface area contributed by atoms with Crippen molar-refractivity contribution in [2.45, 2.75) is 39.7 Å². The number of Topliss-reactive ketones (excluding diaryl/α,β-unsaturated/α-hetero) is 1. The number of hydrogen-bond donors (Lipinski definition) is 0. The minimum absolute atomic E-state index is 0.0335. The summed E-state index contributed by atoms with van der Waals surface area (Å²) in [5.41, 5.74) is 0.545. The Labute approximate surface area is 108 Å². The van der Waals surface area contributed by atoms with Crippen molar-refractivity contribution in [1.29, 1.82) is 0 Å². The van der Waals surface area contributed by atoms with Gasteiger partial charge in [-0.25, -0.2) is 0 Å². The summed E-state index contributed by atoms with van der Waals surface area (Å²) in [7, 11) is 0. The molecular weight excluding hydrogens is 230 g/mol. The first-order valence-corrected chi connectivity index (χ1v) is 6.46. The van der Waals surface area contributed by atoms with E-state index in [1.165, 1.54) is 0 Å². The molecule has 0 saturated carbocycles. The van der Waals surface area contributed by atoms with Gasteiger partial charge in [0.05, 0.1) is 12.8 Å². The molecule has 1 heterocycles. The standard InChI is InChI=1S/C14H21NO3/c1-4-7-18-12-8-11(9-15-10-12)14(16)13(5-2)17-6-3/h8-10,13H,4-7H2,1-3H3. The van der Waals surface area contributed by atoms with Crippen LogP contribution in [0, 0.1) is 0 Å². The second kappa shape index (κ2) is 7.82. The highest BCUT2D eigenvalue weighted by molar-refractivity contribution is 5.99. The zero-order chi connectivity index (χ0) is 13.4. The molecule has 1 unspecified atom stereocenters. The van der Waals surface area contributed by atoms with Crippen LogP contribution in [-0.4, -0.2) is 30.1 Å². The molecule has 4 nitrogen and oxygen atoms in total. The first-order chi connectivity index (χ1) is 8.72. The highest BCUT2D eigenvalue weighted by atomic mass is 16.5. The molecule has 0 aliphatic heterocycles. The van der Waals surface area contributed by atoms with Gasteiger partial charge in [0.15, 0.2) is 5.78 Å². The minimum Gasteiger partial charge on any atom is -0.492 e. The highest BCUT2D eigenvalue weighted by Gasteiger charge is 2.19. The maximum absolute atomic E-state index is 12.2. The van der Waals surface area contributed by atoms with Crippen molar-refractivity contribution in [1.82, 2.24) is 4.98 Å². The van der Waals surface area contributed by atoms with Crippen molar-refractivity contribution >= 4 is 5.78 Å². The number of rotatable bonds is 8. The molecule has 4 heteroatoms. The smallest absolute Gasteiger partial charge is 0.193 e. The Kier molecular flexibility index (Phi) is 6.36. The molecule has 1 atom stereocenters. The number of nitrogens with zero attached hydrogens (tertiary/aromatic N) is 1. The molecule has 0 aliphatic rings. The molecule has 1 aromatic rings. The van der Waals surface area contributed by atoms with E-state index in [-0.39, 0.29) is 5.78 Å². The average molecular weight is 251 g/mol. The minimum atomic E-state index is -0.391.